The van der Waals surface area contributed by atoms with Crippen molar-refractivity contribution in [2.75, 3.05) is 14.2 Å². The van der Waals surface area contributed by atoms with Gasteiger partial charge in [-0.05, 0) is 48.5 Å². The van der Waals surface area contributed by atoms with Gasteiger partial charge in [-0.2, -0.15) is 0 Å². The molecule has 7 nitrogen and oxygen atoms in total. The van der Waals surface area contributed by atoms with Crippen LogP contribution in [0.1, 0.15) is 32.1 Å². The first-order valence-corrected chi connectivity index (χ1v) is 9.90. The van der Waals surface area contributed by atoms with Crippen LogP contribution in [0.4, 0.5) is 0 Å². The quantitative estimate of drug-likeness (QED) is 0.440. The lowest BCUT2D eigenvalue weighted by Gasteiger charge is -2.17. The number of fused-ring (bicyclic) bond motifs is 2. The molecule has 0 radical (unpaired) electrons. The molecular weight excluding hydrogens is 408 g/mol. The maximum Gasteiger partial charge on any atom is 0.338 e. The number of aromatic nitrogens is 2. The molecule has 1 aliphatic carbocycles. The van der Waals surface area contributed by atoms with Crippen molar-refractivity contribution >= 4 is 11.6 Å². The lowest BCUT2D eigenvalue weighted by Crippen LogP contribution is -2.24. The van der Waals surface area contributed by atoms with Crippen LogP contribution in [0.5, 0.6) is 11.5 Å². The molecule has 0 bridgehead atoms. The first-order valence-electron chi connectivity index (χ1n) is 9.90. The molecule has 1 heterocycles. The Balaban J connectivity index is 1.84. The largest absolute Gasteiger partial charge is 0.497 e. The molecule has 0 unspecified atom stereocenters. The van der Waals surface area contributed by atoms with Crippen molar-refractivity contribution in [1.29, 1.82) is 0 Å². The fourth-order valence-corrected chi connectivity index (χ4v) is 4.00. The molecule has 0 saturated carbocycles. The Hall–Kier alpha value is -4.39. The van der Waals surface area contributed by atoms with Crippen molar-refractivity contribution < 1.29 is 19.1 Å². The molecule has 4 aromatic rings. The summed E-state index contributed by atoms with van der Waals surface area (Å²) < 4.78 is 13.0. The van der Waals surface area contributed by atoms with Crippen molar-refractivity contribution in [3.8, 4) is 22.9 Å². The fraction of sp³-hybridized carbons (Fsp3) is 0.0800. The first-order chi connectivity index (χ1) is 15.5. The zero-order valence-electron chi connectivity index (χ0n) is 17.4. The monoisotopic (exact) mass is 426 g/mol. The van der Waals surface area contributed by atoms with Gasteiger partial charge in [0.1, 0.15) is 22.9 Å². The minimum absolute atomic E-state index is 0.0414. The molecule has 0 atom stereocenters. The van der Waals surface area contributed by atoms with Gasteiger partial charge in [-0.1, -0.05) is 24.3 Å². The van der Waals surface area contributed by atoms with E-state index in [1.54, 1.807) is 87.0 Å². The first kappa shape index (κ1) is 19.6. The summed E-state index contributed by atoms with van der Waals surface area (Å²) in [6.45, 7) is 0. The summed E-state index contributed by atoms with van der Waals surface area (Å²) in [6, 6.07) is 20.1. The highest BCUT2D eigenvalue weighted by Crippen LogP contribution is 2.30. The summed E-state index contributed by atoms with van der Waals surface area (Å²) >= 11 is 0. The van der Waals surface area contributed by atoms with E-state index in [9.17, 15) is 14.4 Å². The summed E-state index contributed by atoms with van der Waals surface area (Å²) in [7, 11) is 3.09. The molecule has 0 saturated heterocycles. The van der Waals surface area contributed by atoms with Gasteiger partial charge in [0.05, 0.1) is 25.6 Å². The standard InChI is InChI=1S/C25H18N2O5/c1-31-17-11-7-15(8-12-17)26-21-22(24(29)20-6-4-3-5-19(20)23(21)28)27(25(26)30)16-9-13-18(32-2)14-10-16/h3-14H,1-2H3. The number of carbonyl (C=O) groups excluding carboxylic acids is 2. The van der Waals surface area contributed by atoms with Gasteiger partial charge in [0, 0.05) is 11.1 Å². The Morgan fingerprint density at radius 1 is 0.562 bits per heavy atom. The topological polar surface area (TPSA) is 79.5 Å². The van der Waals surface area contributed by atoms with E-state index in [0.717, 1.165) is 0 Å². The molecule has 158 valence electrons. The molecule has 5 rings (SSSR count). The van der Waals surface area contributed by atoms with Gasteiger partial charge in [0.15, 0.2) is 0 Å². The van der Waals surface area contributed by atoms with Crippen molar-refractivity contribution in [3.05, 3.63) is 106 Å². The van der Waals surface area contributed by atoms with Crippen LogP contribution < -0.4 is 15.2 Å². The lowest BCUT2D eigenvalue weighted by atomic mass is 9.89. The molecule has 3 aromatic carbocycles. The van der Waals surface area contributed by atoms with E-state index < -0.39 is 5.69 Å². The van der Waals surface area contributed by atoms with E-state index in [1.165, 1.54) is 9.13 Å². The Bertz CT molecular complexity index is 1320. The molecule has 0 aliphatic heterocycles. The maximum absolute atomic E-state index is 13.7. The van der Waals surface area contributed by atoms with Gasteiger partial charge in [0.25, 0.3) is 0 Å². The smallest absolute Gasteiger partial charge is 0.338 e. The second kappa shape index (κ2) is 7.39. The van der Waals surface area contributed by atoms with Crippen LogP contribution >= 0.6 is 0 Å². The Morgan fingerprint density at radius 2 is 0.938 bits per heavy atom. The number of rotatable bonds is 4. The van der Waals surface area contributed by atoms with Gasteiger partial charge < -0.3 is 9.47 Å². The van der Waals surface area contributed by atoms with Gasteiger partial charge in [0.2, 0.25) is 11.6 Å². The van der Waals surface area contributed by atoms with Gasteiger partial charge >= 0.3 is 5.69 Å². The number of hydrogen-bond donors (Lipinski definition) is 0. The molecule has 1 aromatic heterocycles. The van der Waals surface area contributed by atoms with Crippen LogP contribution in [0.2, 0.25) is 0 Å². The Morgan fingerprint density at radius 3 is 1.28 bits per heavy atom. The highest BCUT2D eigenvalue weighted by molar-refractivity contribution is 6.27. The lowest BCUT2D eigenvalue weighted by molar-refractivity contribution is 0.0971. The highest BCUT2D eigenvalue weighted by Gasteiger charge is 2.38. The zero-order chi connectivity index (χ0) is 22.4. The summed E-state index contributed by atoms with van der Waals surface area (Å²) in [4.78, 5) is 40.7. The van der Waals surface area contributed by atoms with Crippen LogP contribution in [0.15, 0.2) is 77.6 Å². The molecule has 7 heteroatoms. The summed E-state index contributed by atoms with van der Waals surface area (Å²) in [5, 5.41) is 0. The molecular formula is C25H18N2O5. The maximum atomic E-state index is 13.7. The van der Waals surface area contributed by atoms with Crippen molar-refractivity contribution in [2.45, 2.75) is 0 Å². The highest BCUT2D eigenvalue weighted by atomic mass is 16.5. The van der Waals surface area contributed by atoms with Gasteiger partial charge in [-0.25, -0.2) is 4.79 Å². The van der Waals surface area contributed by atoms with Crippen LogP contribution in [0, 0.1) is 0 Å². The van der Waals surface area contributed by atoms with Crippen molar-refractivity contribution in [1.82, 2.24) is 9.13 Å². The number of imidazole rings is 1. The molecule has 1 aliphatic rings. The van der Waals surface area contributed by atoms with Crippen LogP contribution in [-0.4, -0.2) is 34.9 Å². The predicted octanol–water partition coefficient (Wildman–Crippen LogP) is 3.42. The molecule has 0 amide bonds. The number of hydrogen-bond acceptors (Lipinski definition) is 5. The molecule has 0 N–H and O–H groups in total. The SMILES string of the molecule is COc1ccc(-n2c3c(n(-c4ccc(OC)cc4)c2=O)C(=O)c2ccccc2C3=O)cc1. The number of benzene rings is 3. The van der Waals surface area contributed by atoms with E-state index in [4.69, 9.17) is 9.47 Å². The second-order valence-electron chi connectivity index (χ2n) is 7.25. The number of ether oxygens (including phenoxy) is 2. The average Bonchev–Trinajstić information content (AvgIpc) is 3.15. The van der Waals surface area contributed by atoms with E-state index in [-0.39, 0.29) is 34.1 Å². The predicted molar refractivity (Wildman–Crippen MR) is 118 cm³/mol. The number of carbonyl (C=O) groups is 2. The van der Waals surface area contributed by atoms with Crippen LogP contribution in [0.3, 0.4) is 0 Å². The normalized spacial score (nSPS) is 12.3. The van der Waals surface area contributed by atoms with E-state index in [1.807, 2.05) is 0 Å². The Labute approximate surface area is 183 Å². The van der Waals surface area contributed by atoms with Crippen molar-refractivity contribution in [2.24, 2.45) is 0 Å². The summed E-state index contributed by atoms with van der Waals surface area (Å²) in [6.07, 6.45) is 0. The minimum Gasteiger partial charge on any atom is -0.497 e. The van der Waals surface area contributed by atoms with Crippen LogP contribution in [-0.2, 0) is 0 Å². The van der Waals surface area contributed by atoms with E-state index >= 15 is 0 Å². The third-order valence-electron chi connectivity index (χ3n) is 5.56. The van der Waals surface area contributed by atoms with Crippen LogP contribution in [0.25, 0.3) is 11.4 Å². The molecule has 0 fully saturated rings. The van der Waals surface area contributed by atoms with Crippen molar-refractivity contribution in [3.63, 3.8) is 0 Å². The second-order valence-corrected chi connectivity index (χ2v) is 7.25. The molecule has 32 heavy (non-hydrogen) atoms. The number of methoxy groups -OCH3 is 2. The number of nitrogens with zero attached hydrogens (tertiary/aromatic N) is 2. The van der Waals surface area contributed by atoms with E-state index in [0.29, 0.717) is 22.9 Å². The van der Waals surface area contributed by atoms with Gasteiger partial charge in [-0.3, -0.25) is 18.7 Å². The summed E-state index contributed by atoms with van der Waals surface area (Å²) in [5.74, 6) is 0.460. The van der Waals surface area contributed by atoms with E-state index in [2.05, 4.69) is 0 Å². The fourth-order valence-electron chi connectivity index (χ4n) is 4.00. The zero-order valence-corrected chi connectivity index (χ0v) is 17.4. The third kappa shape index (κ3) is 2.79. The summed E-state index contributed by atoms with van der Waals surface area (Å²) in [5.41, 5.74) is 1.04. The average molecular weight is 426 g/mol. The Kier molecular flexibility index (Phi) is 4.52. The van der Waals surface area contributed by atoms with Gasteiger partial charge in [-0.15, -0.1) is 0 Å². The minimum atomic E-state index is -0.514. The molecule has 0 spiro atoms. The number of ketones is 2. The third-order valence-corrected chi connectivity index (χ3v) is 5.56.